The zero-order valence-electron chi connectivity index (χ0n) is 9.53. The summed E-state index contributed by atoms with van der Waals surface area (Å²) in [6.07, 6.45) is -0.734. The second kappa shape index (κ2) is 6.80. The van der Waals surface area contributed by atoms with Crippen LogP contribution in [0.4, 0.5) is 0 Å². The van der Waals surface area contributed by atoms with Crippen molar-refractivity contribution in [2.24, 2.45) is 5.73 Å². The second-order valence-electron chi connectivity index (χ2n) is 3.48. The first kappa shape index (κ1) is 17.0. The average Bonchev–Trinajstić information content (AvgIpc) is 2.55. The third-order valence-electron chi connectivity index (χ3n) is 1.87. The van der Waals surface area contributed by atoms with E-state index in [1.165, 1.54) is 0 Å². The predicted molar refractivity (Wildman–Crippen MR) is 59.2 cm³/mol. The van der Waals surface area contributed by atoms with E-state index in [2.05, 4.69) is 5.73 Å². The van der Waals surface area contributed by atoms with Crippen molar-refractivity contribution in [2.75, 3.05) is 0 Å². The highest BCUT2D eigenvalue weighted by Crippen LogP contribution is 2.09. The number of rotatable bonds is 4. The molecule has 1 aliphatic rings. The van der Waals surface area contributed by atoms with Gasteiger partial charge in [0, 0.05) is 6.42 Å². The van der Waals surface area contributed by atoms with Crippen molar-refractivity contribution >= 4 is 33.8 Å². The molecule has 0 spiro atoms. The number of carboxylic acid groups (broad SMARTS) is 1. The molecule has 0 radical (unpaired) electrons. The number of imide groups is 1. The quantitative estimate of drug-likeness (QED) is 0.328. The predicted octanol–water partition coefficient (Wildman–Crippen LogP) is -2.37. The van der Waals surface area contributed by atoms with E-state index in [0.717, 1.165) is 0 Å². The van der Waals surface area contributed by atoms with E-state index >= 15 is 0 Å². The minimum Gasteiger partial charge on any atom is -0.481 e. The fourth-order valence-corrected chi connectivity index (χ4v) is 1.69. The van der Waals surface area contributed by atoms with Crippen molar-refractivity contribution < 1.29 is 37.3 Å². The Morgan fingerprint density at radius 3 is 2.00 bits per heavy atom. The summed E-state index contributed by atoms with van der Waals surface area (Å²) in [6, 6.07) is 0. The first-order valence-corrected chi connectivity index (χ1v) is 6.34. The minimum absolute atomic E-state index is 0.0741. The molecule has 3 amide bonds. The number of hydrogen-bond donors (Lipinski definition) is 4. The van der Waals surface area contributed by atoms with Gasteiger partial charge < -0.3 is 10.8 Å². The maximum absolute atomic E-state index is 10.6. The number of carbonyl (C=O) groups is 4. The van der Waals surface area contributed by atoms with Crippen molar-refractivity contribution in [1.29, 1.82) is 0 Å². The van der Waals surface area contributed by atoms with Gasteiger partial charge in [0.1, 0.15) is 0 Å². The molecule has 0 aromatic heterocycles. The van der Waals surface area contributed by atoms with Gasteiger partial charge in [-0.05, 0) is 0 Å². The van der Waals surface area contributed by atoms with Gasteiger partial charge in [0.05, 0.1) is 12.8 Å². The van der Waals surface area contributed by atoms with Crippen molar-refractivity contribution in [3.05, 3.63) is 0 Å². The number of hydrogen-bond acceptors (Lipinski definition) is 6. The first-order valence-electron chi connectivity index (χ1n) is 4.84. The number of amides is 3. The summed E-state index contributed by atoms with van der Waals surface area (Å²) in [4.78, 5) is 40.5. The van der Waals surface area contributed by atoms with E-state index in [4.69, 9.17) is 9.66 Å². The Kier molecular flexibility index (Phi) is 6.08. The zero-order chi connectivity index (χ0) is 15.2. The maximum atomic E-state index is 10.6. The van der Waals surface area contributed by atoms with Crippen LogP contribution in [0.2, 0.25) is 0 Å². The van der Waals surface area contributed by atoms with E-state index in [1.807, 2.05) is 0 Å². The Morgan fingerprint density at radius 2 is 1.84 bits per heavy atom. The SMILES string of the molecule is NC(=O)CCC(=O)O.O=C1CC(S(=O)(=O)O)C(=O)N1. The van der Waals surface area contributed by atoms with Crippen molar-refractivity contribution in [2.45, 2.75) is 24.5 Å². The lowest BCUT2D eigenvalue weighted by molar-refractivity contribution is -0.138. The maximum Gasteiger partial charge on any atom is 0.303 e. The molecule has 0 aromatic rings. The zero-order valence-corrected chi connectivity index (χ0v) is 10.3. The molecule has 5 N–H and O–H groups in total. The second-order valence-corrected chi connectivity index (χ2v) is 5.08. The number of primary amides is 1. The fraction of sp³-hybridized carbons (Fsp3) is 0.500. The van der Waals surface area contributed by atoms with E-state index in [0.29, 0.717) is 0 Å². The largest absolute Gasteiger partial charge is 0.481 e. The molecule has 1 atom stereocenters. The van der Waals surface area contributed by atoms with Crippen LogP contribution in [-0.2, 0) is 29.3 Å². The van der Waals surface area contributed by atoms with Gasteiger partial charge in [-0.15, -0.1) is 0 Å². The topological polar surface area (TPSA) is 181 Å². The van der Waals surface area contributed by atoms with E-state index < -0.39 is 45.5 Å². The number of carbonyl (C=O) groups excluding carboxylic acids is 3. The van der Waals surface area contributed by atoms with Gasteiger partial charge in [0.15, 0.2) is 5.25 Å². The summed E-state index contributed by atoms with van der Waals surface area (Å²) in [5.41, 5.74) is 4.64. The molecule has 1 heterocycles. The van der Waals surface area contributed by atoms with Crippen LogP contribution in [0.1, 0.15) is 19.3 Å². The van der Waals surface area contributed by atoms with Crippen LogP contribution < -0.4 is 11.1 Å². The highest BCUT2D eigenvalue weighted by molar-refractivity contribution is 7.87. The summed E-state index contributed by atoms with van der Waals surface area (Å²) < 4.78 is 29.0. The van der Waals surface area contributed by atoms with Crippen molar-refractivity contribution in [1.82, 2.24) is 5.32 Å². The standard InChI is InChI=1S/C4H5NO5S.C4H7NO3/c6-3-1-2(4(7)5-3)11(8,9)10;5-3(6)1-2-4(7)8/h2H,1H2,(H,5,6,7)(H,8,9,10);1-2H2,(H2,5,6)(H,7,8). The molecule has 1 saturated heterocycles. The van der Waals surface area contributed by atoms with Crippen LogP contribution >= 0.6 is 0 Å². The smallest absolute Gasteiger partial charge is 0.303 e. The van der Waals surface area contributed by atoms with Crippen LogP contribution in [-0.4, -0.2) is 47.0 Å². The molecule has 10 nitrogen and oxygen atoms in total. The summed E-state index contributed by atoms with van der Waals surface area (Å²) in [7, 11) is -4.42. The molecule has 11 heteroatoms. The molecule has 1 unspecified atom stereocenters. The van der Waals surface area contributed by atoms with Crippen LogP contribution in [0.3, 0.4) is 0 Å². The molecule has 1 fully saturated rings. The molecule has 0 aliphatic carbocycles. The Bertz CT molecular complexity index is 483. The van der Waals surface area contributed by atoms with Gasteiger partial charge in [-0.2, -0.15) is 8.42 Å². The molecular formula is C8H12N2O8S. The van der Waals surface area contributed by atoms with Gasteiger partial charge in [-0.3, -0.25) is 29.0 Å². The Hall–Kier alpha value is -2.01. The Morgan fingerprint density at radius 1 is 1.32 bits per heavy atom. The lowest BCUT2D eigenvalue weighted by Gasteiger charge is -1.98. The van der Waals surface area contributed by atoms with Crippen LogP contribution in [0.25, 0.3) is 0 Å². The van der Waals surface area contributed by atoms with Gasteiger partial charge in [0.2, 0.25) is 17.7 Å². The molecular weight excluding hydrogens is 284 g/mol. The summed E-state index contributed by atoms with van der Waals surface area (Å²) in [5, 5.41) is 8.10. The minimum atomic E-state index is -4.42. The van der Waals surface area contributed by atoms with Crippen LogP contribution in [0.5, 0.6) is 0 Å². The lowest BCUT2D eigenvalue weighted by atomic mass is 10.3. The molecule has 19 heavy (non-hydrogen) atoms. The van der Waals surface area contributed by atoms with Crippen LogP contribution in [0, 0.1) is 0 Å². The molecule has 1 rings (SSSR count). The third-order valence-corrected chi connectivity index (χ3v) is 2.97. The van der Waals surface area contributed by atoms with Crippen LogP contribution in [0.15, 0.2) is 0 Å². The summed E-state index contributed by atoms with van der Waals surface area (Å²) in [5.74, 6) is -3.22. The molecule has 1 aliphatic heterocycles. The first-order chi connectivity index (χ1) is 8.54. The normalized spacial score (nSPS) is 18.3. The molecule has 0 bridgehead atoms. The number of aliphatic carboxylic acids is 1. The summed E-state index contributed by atoms with van der Waals surface area (Å²) in [6.45, 7) is 0. The van der Waals surface area contributed by atoms with E-state index in [9.17, 15) is 27.6 Å². The van der Waals surface area contributed by atoms with E-state index in [1.54, 1.807) is 5.32 Å². The fourth-order valence-electron chi connectivity index (χ4n) is 1.00. The van der Waals surface area contributed by atoms with Gasteiger partial charge >= 0.3 is 5.97 Å². The third kappa shape index (κ3) is 7.10. The number of nitrogens with one attached hydrogen (secondary N) is 1. The Labute approximate surface area is 107 Å². The van der Waals surface area contributed by atoms with Gasteiger partial charge in [-0.1, -0.05) is 0 Å². The van der Waals surface area contributed by atoms with Crippen molar-refractivity contribution in [3.8, 4) is 0 Å². The molecule has 0 saturated carbocycles. The lowest BCUT2D eigenvalue weighted by Crippen LogP contribution is -2.30. The number of carboxylic acids is 1. The monoisotopic (exact) mass is 296 g/mol. The molecule has 108 valence electrons. The summed E-state index contributed by atoms with van der Waals surface area (Å²) >= 11 is 0. The Balaban J connectivity index is 0.000000362. The highest BCUT2D eigenvalue weighted by atomic mass is 32.2. The van der Waals surface area contributed by atoms with E-state index in [-0.39, 0.29) is 12.8 Å². The highest BCUT2D eigenvalue weighted by Gasteiger charge is 2.39. The van der Waals surface area contributed by atoms with Gasteiger partial charge in [-0.25, -0.2) is 0 Å². The average molecular weight is 296 g/mol. The molecule has 0 aromatic carbocycles. The van der Waals surface area contributed by atoms with Gasteiger partial charge in [0.25, 0.3) is 10.1 Å². The van der Waals surface area contributed by atoms with Crippen molar-refractivity contribution in [3.63, 3.8) is 0 Å². The number of nitrogens with two attached hydrogens (primary N) is 1.